The minimum absolute atomic E-state index is 0.118. The molecule has 2 N–H and O–H groups in total. The van der Waals surface area contributed by atoms with E-state index in [0.29, 0.717) is 33.0 Å². The Balaban J connectivity index is 1.36. The molecule has 0 spiro atoms. The quantitative estimate of drug-likeness (QED) is 0.187. The van der Waals surface area contributed by atoms with Gasteiger partial charge in [0.15, 0.2) is 5.11 Å². The Bertz CT molecular complexity index is 1720. The molecule has 6 rings (SSSR count). The van der Waals surface area contributed by atoms with Crippen LogP contribution in [0.3, 0.4) is 0 Å². The van der Waals surface area contributed by atoms with Gasteiger partial charge in [-0.2, -0.15) is 0 Å². The molecule has 1 aliphatic rings. The zero-order chi connectivity index (χ0) is 28.5. The minimum Gasteiger partial charge on any atom is -0.478 e. The molecule has 0 amide bonds. The van der Waals surface area contributed by atoms with Gasteiger partial charge < -0.3 is 24.5 Å². The van der Waals surface area contributed by atoms with E-state index in [0.717, 1.165) is 22.7 Å². The van der Waals surface area contributed by atoms with Crippen molar-refractivity contribution in [3.63, 3.8) is 0 Å². The van der Waals surface area contributed by atoms with E-state index in [4.69, 9.17) is 33.0 Å². The summed E-state index contributed by atoms with van der Waals surface area (Å²) < 4.78 is 12.4. The van der Waals surface area contributed by atoms with Crippen LogP contribution in [0.2, 0.25) is 5.02 Å². The Labute approximate surface area is 247 Å². The standard InChI is InChI=1S/C32H24ClN3O4S/c1-19-5-10-22(11-6-19)39-23-12-8-21(9-13-23)36-30(29(35-32(36)41)26-4-2-3-17-34-26)28-16-15-27(40-28)24-18-20(31(37)38)7-14-25(24)33/h2-18,29-30H,1H3,(H,35,41)(H,37,38)/t29-,30-/m1/s1. The van der Waals surface area contributed by atoms with Gasteiger partial charge in [-0.1, -0.05) is 35.4 Å². The number of thiocarbonyl (C=S) groups is 1. The maximum Gasteiger partial charge on any atom is 0.335 e. The van der Waals surface area contributed by atoms with Crippen molar-refractivity contribution >= 4 is 40.6 Å². The normalized spacial score (nSPS) is 16.4. The molecular weight excluding hydrogens is 558 g/mol. The second kappa shape index (κ2) is 11.1. The van der Waals surface area contributed by atoms with Crippen LogP contribution >= 0.6 is 23.8 Å². The molecule has 0 radical (unpaired) electrons. The largest absolute Gasteiger partial charge is 0.478 e. The van der Waals surface area contributed by atoms with Crippen molar-refractivity contribution in [1.82, 2.24) is 10.3 Å². The number of carboxylic acids is 1. The predicted octanol–water partition coefficient (Wildman–Crippen LogP) is 7.97. The van der Waals surface area contributed by atoms with Gasteiger partial charge in [0.2, 0.25) is 0 Å². The third-order valence-corrected chi connectivity index (χ3v) is 7.51. The molecule has 0 aliphatic carbocycles. The van der Waals surface area contributed by atoms with E-state index < -0.39 is 12.0 Å². The summed E-state index contributed by atoms with van der Waals surface area (Å²) in [4.78, 5) is 18.1. The van der Waals surface area contributed by atoms with E-state index in [1.165, 1.54) is 12.1 Å². The lowest BCUT2D eigenvalue weighted by atomic mass is 10.0. The smallest absolute Gasteiger partial charge is 0.335 e. The van der Waals surface area contributed by atoms with Crippen molar-refractivity contribution in [2.24, 2.45) is 0 Å². The number of nitrogens with one attached hydrogen (secondary N) is 1. The molecule has 2 atom stereocenters. The molecule has 3 heterocycles. The Morgan fingerprint density at radius 1 is 1.00 bits per heavy atom. The number of carboxylic acid groups (broad SMARTS) is 1. The number of benzene rings is 3. The predicted molar refractivity (Wildman–Crippen MR) is 162 cm³/mol. The molecular formula is C32H24ClN3O4S. The summed E-state index contributed by atoms with van der Waals surface area (Å²) in [7, 11) is 0. The number of hydrogen-bond acceptors (Lipinski definition) is 5. The fraction of sp³-hybridized carbons (Fsp3) is 0.0938. The van der Waals surface area contributed by atoms with Gasteiger partial charge in [-0.05, 0) is 98.0 Å². The minimum atomic E-state index is -1.05. The number of aryl methyl sites for hydroxylation is 1. The van der Waals surface area contributed by atoms with Crippen LogP contribution in [0, 0.1) is 6.92 Å². The molecule has 0 bridgehead atoms. The van der Waals surface area contributed by atoms with Gasteiger partial charge in [0.05, 0.1) is 22.3 Å². The molecule has 5 aromatic rings. The fourth-order valence-electron chi connectivity index (χ4n) is 4.84. The van der Waals surface area contributed by atoms with Crippen LogP contribution in [0.25, 0.3) is 11.3 Å². The molecule has 1 aliphatic heterocycles. The number of hydrogen-bond donors (Lipinski definition) is 2. The van der Waals surface area contributed by atoms with Gasteiger partial charge in [-0.3, -0.25) is 4.98 Å². The number of anilines is 1. The Morgan fingerprint density at radius 2 is 1.73 bits per heavy atom. The number of pyridine rings is 1. The molecule has 7 nitrogen and oxygen atoms in total. The highest BCUT2D eigenvalue weighted by Gasteiger charge is 2.42. The van der Waals surface area contributed by atoms with Crippen LogP contribution < -0.4 is 15.0 Å². The van der Waals surface area contributed by atoms with Gasteiger partial charge in [0.1, 0.15) is 29.1 Å². The molecule has 41 heavy (non-hydrogen) atoms. The Hall–Kier alpha value is -4.66. The van der Waals surface area contributed by atoms with E-state index in [9.17, 15) is 9.90 Å². The first-order valence-electron chi connectivity index (χ1n) is 12.9. The third-order valence-electron chi connectivity index (χ3n) is 6.87. The number of halogens is 1. The number of nitrogens with zero attached hydrogens (tertiary/aromatic N) is 2. The highest BCUT2D eigenvalue weighted by Crippen LogP contribution is 2.44. The summed E-state index contributed by atoms with van der Waals surface area (Å²) in [5.74, 6) is 1.47. The average Bonchev–Trinajstić information content (AvgIpc) is 3.60. The second-order valence-electron chi connectivity index (χ2n) is 9.61. The van der Waals surface area contributed by atoms with Crippen molar-refractivity contribution in [3.8, 4) is 22.8 Å². The molecule has 1 fully saturated rings. The molecule has 1 saturated heterocycles. The molecule has 204 valence electrons. The lowest BCUT2D eigenvalue weighted by Crippen LogP contribution is -2.29. The lowest BCUT2D eigenvalue weighted by molar-refractivity contribution is 0.0697. The number of carbonyl (C=O) groups is 1. The first kappa shape index (κ1) is 26.6. The van der Waals surface area contributed by atoms with Crippen LogP contribution in [-0.2, 0) is 0 Å². The summed E-state index contributed by atoms with van der Waals surface area (Å²) in [6.07, 6.45) is 1.74. The molecule has 0 saturated carbocycles. The van der Waals surface area contributed by atoms with Crippen molar-refractivity contribution in [2.45, 2.75) is 19.0 Å². The zero-order valence-electron chi connectivity index (χ0n) is 21.8. The molecule has 2 aromatic heterocycles. The van der Waals surface area contributed by atoms with Crippen LogP contribution in [0.1, 0.15) is 39.5 Å². The maximum absolute atomic E-state index is 11.6. The number of furan rings is 1. The first-order valence-corrected chi connectivity index (χ1v) is 13.6. The van der Waals surface area contributed by atoms with Gasteiger partial charge in [0.25, 0.3) is 0 Å². The Kier molecular flexibility index (Phi) is 7.17. The van der Waals surface area contributed by atoms with Crippen molar-refractivity contribution in [1.29, 1.82) is 0 Å². The topological polar surface area (TPSA) is 87.8 Å². The van der Waals surface area contributed by atoms with Crippen LogP contribution in [0.15, 0.2) is 108 Å². The summed E-state index contributed by atoms with van der Waals surface area (Å²) in [6, 6.07) is 28.7. The van der Waals surface area contributed by atoms with Gasteiger partial charge in [-0.15, -0.1) is 0 Å². The zero-order valence-corrected chi connectivity index (χ0v) is 23.4. The maximum atomic E-state index is 11.6. The van der Waals surface area contributed by atoms with E-state index in [2.05, 4.69) is 10.3 Å². The summed E-state index contributed by atoms with van der Waals surface area (Å²) >= 11 is 12.3. The van der Waals surface area contributed by atoms with Gasteiger partial charge >= 0.3 is 5.97 Å². The number of ether oxygens (including phenoxy) is 1. The number of aromatic carboxylic acids is 1. The van der Waals surface area contributed by atoms with Crippen LogP contribution in [-0.4, -0.2) is 21.2 Å². The van der Waals surface area contributed by atoms with E-state index in [1.807, 2.05) is 84.6 Å². The van der Waals surface area contributed by atoms with E-state index >= 15 is 0 Å². The highest BCUT2D eigenvalue weighted by atomic mass is 35.5. The molecule has 3 aromatic carbocycles. The first-order chi connectivity index (χ1) is 19.9. The fourth-order valence-corrected chi connectivity index (χ4v) is 5.40. The van der Waals surface area contributed by atoms with Crippen molar-refractivity contribution < 1.29 is 19.1 Å². The monoisotopic (exact) mass is 581 g/mol. The molecule has 9 heteroatoms. The van der Waals surface area contributed by atoms with Gasteiger partial charge in [0, 0.05) is 17.4 Å². The summed E-state index contributed by atoms with van der Waals surface area (Å²) in [5, 5.41) is 13.8. The third kappa shape index (κ3) is 5.39. The summed E-state index contributed by atoms with van der Waals surface area (Å²) in [5.41, 5.74) is 3.41. The van der Waals surface area contributed by atoms with Crippen molar-refractivity contribution in [3.05, 3.63) is 131 Å². The Morgan fingerprint density at radius 3 is 2.41 bits per heavy atom. The van der Waals surface area contributed by atoms with Crippen LogP contribution in [0.5, 0.6) is 11.5 Å². The average molecular weight is 582 g/mol. The van der Waals surface area contributed by atoms with Crippen LogP contribution in [0.4, 0.5) is 5.69 Å². The highest BCUT2D eigenvalue weighted by molar-refractivity contribution is 7.80. The van der Waals surface area contributed by atoms with Crippen molar-refractivity contribution in [2.75, 3.05) is 4.90 Å². The van der Waals surface area contributed by atoms with E-state index in [-0.39, 0.29) is 11.6 Å². The summed E-state index contributed by atoms with van der Waals surface area (Å²) in [6.45, 7) is 2.03. The number of aromatic nitrogens is 1. The van der Waals surface area contributed by atoms with Gasteiger partial charge in [-0.25, -0.2) is 4.79 Å². The van der Waals surface area contributed by atoms with E-state index in [1.54, 1.807) is 18.3 Å². The number of rotatable bonds is 7. The molecule has 0 unspecified atom stereocenters. The lowest BCUT2D eigenvalue weighted by Gasteiger charge is -2.26. The second-order valence-corrected chi connectivity index (χ2v) is 10.4. The SMILES string of the molecule is Cc1ccc(Oc2ccc(N3C(=S)N[C@H](c4ccccn4)[C@H]3c3ccc(-c4cc(C(=O)O)ccc4Cl)o3)cc2)cc1.